The molecule has 2 rings (SSSR count). The Morgan fingerprint density at radius 3 is 3.22 bits per heavy atom. The number of aromatic nitrogens is 3. The number of carbonyl (C=O) groups is 1. The first-order chi connectivity index (χ1) is 8.70. The molecule has 0 radical (unpaired) electrons. The van der Waals surface area contributed by atoms with Crippen molar-refractivity contribution in [2.45, 2.75) is 19.8 Å². The van der Waals surface area contributed by atoms with E-state index in [4.69, 9.17) is 4.74 Å². The van der Waals surface area contributed by atoms with Crippen LogP contribution in [-0.2, 0) is 9.53 Å². The van der Waals surface area contributed by atoms with Gasteiger partial charge < -0.3 is 9.64 Å². The van der Waals surface area contributed by atoms with Crippen molar-refractivity contribution in [2.75, 3.05) is 24.6 Å². The highest BCUT2D eigenvalue weighted by molar-refractivity contribution is 5.73. The van der Waals surface area contributed by atoms with Crippen LogP contribution < -0.4 is 10.6 Å². The summed E-state index contributed by atoms with van der Waals surface area (Å²) in [7, 11) is 0. The third-order valence-corrected chi connectivity index (χ3v) is 2.92. The number of hydrogen-bond donors (Lipinski definition) is 1. The molecule has 0 spiro atoms. The molecule has 1 aromatic rings. The second-order valence-electron chi connectivity index (χ2n) is 4.18. The van der Waals surface area contributed by atoms with Crippen LogP contribution in [0.3, 0.4) is 0 Å². The Hall–Kier alpha value is -1.92. The second-order valence-corrected chi connectivity index (χ2v) is 4.18. The van der Waals surface area contributed by atoms with Crippen LogP contribution in [0.25, 0.3) is 0 Å². The minimum Gasteiger partial charge on any atom is -0.466 e. The van der Waals surface area contributed by atoms with Crippen LogP contribution in [0.1, 0.15) is 19.8 Å². The summed E-state index contributed by atoms with van der Waals surface area (Å²) < 4.78 is 5.02. The predicted molar refractivity (Wildman–Crippen MR) is 64.2 cm³/mol. The van der Waals surface area contributed by atoms with Crippen LogP contribution in [0, 0.1) is 5.92 Å². The van der Waals surface area contributed by atoms with Crippen LogP contribution in [0.5, 0.6) is 0 Å². The lowest BCUT2D eigenvalue weighted by atomic mass is 9.98. The van der Waals surface area contributed by atoms with Crippen LogP contribution >= 0.6 is 0 Å². The van der Waals surface area contributed by atoms with E-state index < -0.39 is 5.69 Å². The van der Waals surface area contributed by atoms with Gasteiger partial charge in [0.25, 0.3) is 0 Å². The summed E-state index contributed by atoms with van der Waals surface area (Å²) in [6.07, 6.45) is 3.18. The molecule has 1 fully saturated rings. The third-order valence-electron chi connectivity index (χ3n) is 2.92. The van der Waals surface area contributed by atoms with E-state index in [0.717, 1.165) is 19.4 Å². The normalized spacial score (nSPS) is 19.6. The highest BCUT2D eigenvalue weighted by Gasteiger charge is 2.27. The average Bonchev–Trinajstić information content (AvgIpc) is 2.39. The molecule has 0 aromatic carbocycles. The SMILES string of the molecule is CCOC(=O)C1CCCN(c2cn[nH]c(=O)n2)C1. The van der Waals surface area contributed by atoms with Gasteiger partial charge in [-0.2, -0.15) is 10.1 Å². The molecule has 2 heterocycles. The maximum atomic E-state index is 11.7. The zero-order valence-corrected chi connectivity index (χ0v) is 10.3. The fourth-order valence-corrected chi connectivity index (χ4v) is 2.09. The average molecular weight is 252 g/mol. The van der Waals surface area contributed by atoms with E-state index in [2.05, 4.69) is 15.2 Å². The van der Waals surface area contributed by atoms with E-state index in [-0.39, 0.29) is 11.9 Å². The molecule has 1 atom stereocenters. The topological polar surface area (TPSA) is 88.2 Å². The fraction of sp³-hybridized carbons (Fsp3) is 0.636. The summed E-state index contributed by atoms with van der Waals surface area (Å²) in [6, 6.07) is 0. The van der Waals surface area contributed by atoms with Crippen molar-refractivity contribution in [1.29, 1.82) is 0 Å². The smallest absolute Gasteiger partial charge is 0.363 e. The van der Waals surface area contributed by atoms with Crippen molar-refractivity contribution in [1.82, 2.24) is 15.2 Å². The van der Waals surface area contributed by atoms with E-state index in [1.165, 1.54) is 6.20 Å². The Morgan fingerprint density at radius 2 is 2.50 bits per heavy atom. The Bertz CT molecular complexity index is 473. The van der Waals surface area contributed by atoms with Crippen molar-refractivity contribution in [2.24, 2.45) is 5.92 Å². The highest BCUT2D eigenvalue weighted by Crippen LogP contribution is 2.21. The Labute approximate surface area is 104 Å². The molecule has 1 saturated heterocycles. The van der Waals surface area contributed by atoms with Gasteiger partial charge in [-0.15, -0.1) is 0 Å². The number of esters is 1. The second kappa shape index (κ2) is 5.61. The van der Waals surface area contributed by atoms with E-state index in [1.54, 1.807) is 6.92 Å². The molecular formula is C11H16N4O3. The van der Waals surface area contributed by atoms with Crippen molar-refractivity contribution in [3.63, 3.8) is 0 Å². The van der Waals surface area contributed by atoms with E-state index >= 15 is 0 Å². The van der Waals surface area contributed by atoms with E-state index in [1.807, 2.05) is 4.90 Å². The van der Waals surface area contributed by atoms with Crippen LogP contribution in [0.15, 0.2) is 11.0 Å². The van der Waals surface area contributed by atoms with Crippen LogP contribution in [0.4, 0.5) is 5.82 Å². The monoisotopic (exact) mass is 252 g/mol. The van der Waals surface area contributed by atoms with Gasteiger partial charge >= 0.3 is 11.7 Å². The Balaban J connectivity index is 2.07. The zero-order chi connectivity index (χ0) is 13.0. The van der Waals surface area contributed by atoms with E-state index in [9.17, 15) is 9.59 Å². The molecule has 1 N–H and O–H groups in total. The van der Waals surface area contributed by atoms with Gasteiger partial charge in [-0.05, 0) is 19.8 Å². The molecule has 1 aliphatic heterocycles. The van der Waals surface area contributed by atoms with Gasteiger partial charge in [-0.1, -0.05) is 0 Å². The van der Waals surface area contributed by atoms with Crippen LogP contribution in [0.2, 0.25) is 0 Å². The van der Waals surface area contributed by atoms with E-state index in [0.29, 0.717) is 19.0 Å². The first-order valence-electron chi connectivity index (χ1n) is 6.04. The summed E-state index contributed by atoms with van der Waals surface area (Å²) in [5, 5.41) is 5.94. The van der Waals surface area contributed by atoms with Gasteiger partial charge in [0.1, 0.15) is 0 Å². The van der Waals surface area contributed by atoms with Gasteiger partial charge in [0, 0.05) is 13.1 Å². The number of hydrogen-bond acceptors (Lipinski definition) is 6. The number of anilines is 1. The fourth-order valence-electron chi connectivity index (χ4n) is 2.09. The summed E-state index contributed by atoms with van der Waals surface area (Å²) in [6.45, 7) is 3.48. The summed E-state index contributed by atoms with van der Waals surface area (Å²) in [5.74, 6) is 0.174. The largest absolute Gasteiger partial charge is 0.466 e. The molecule has 7 heteroatoms. The molecule has 1 aromatic heterocycles. The lowest BCUT2D eigenvalue weighted by Gasteiger charge is -2.31. The maximum absolute atomic E-state index is 11.7. The molecule has 1 unspecified atom stereocenters. The number of H-pyrrole nitrogens is 1. The quantitative estimate of drug-likeness (QED) is 0.758. The summed E-state index contributed by atoms with van der Waals surface area (Å²) in [5.41, 5.74) is -0.481. The molecule has 7 nitrogen and oxygen atoms in total. The predicted octanol–water partition coefficient (Wildman–Crippen LogP) is -0.0556. The number of nitrogens with zero attached hydrogens (tertiary/aromatic N) is 3. The molecule has 0 aliphatic carbocycles. The van der Waals surface area contributed by atoms with Gasteiger partial charge in [-0.3, -0.25) is 4.79 Å². The first kappa shape index (κ1) is 12.5. The highest BCUT2D eigenvalue weighted by atomic mass is 16.5. The summed E-state index contributed by atoms with van der Waals surface area (Å²) in [4.78, 5) is 28.5. The first-order valence-corrected chi connectivity index (χ1v) is 6.04. The number of aromatic amines is 1. The van der Waals surface area contributed by atoms with Crippen molar-refractivity contribution >= 4 is 11.8 Å². The number of nitrogens with one attached hydrogen (secondary N) is 1. The Kier molecular flexibility index (Phi) is 3.91. The Morgan fingerprint density at radius 1 is 1.67 bits per heavy atom. The number of carbonyl (C=O) groups excluding carboxylic acids is 1. The maximum Gasteiger partial charge on any atom is 0.363 e. The molecule has 98 valence electrons. The van der Waals surface area contributed by atoms with Crippen molar-refractivity contribution in [3.05, 3.63) is 16.7 Å². The van der Waals surface area contributed by atoms with Crippen molar-refractivity contribution in [3.8, 4) is 0 Å². The summed E-state index contributed by atoms with van der Waals surface area (Å²) >= 11 is 0. The third kappa shape index (κ3) is 2.85. The van der Waals surface area contributed by atoms with Crippen LogP contribution in [-0.4, -0.2) is 40.8 Å². The number of rotatable bonds is 3. The lowest BCUT2D eigenvalue weighted by molar-refractivity contribution is -0.148. The molecular weight excluding hydrogens is 236 g/mol. The molecule has 0 amide bonds. The number of piperidine rings is 1. The molecule has 0 saturated carbocycles. The zero-order valence-electron chi connectivity index (χ0n) is 10.3. The van der Waals surface area contributed by atoms with Gasteiger partial charge in [-0.25, -0.2) is 9.89 Å². The van der Waals surface area contributed by atoms with Crippen molar-refractivity contribution < 1.29 is 9.53 Å². The lowest BCUT2D eigenvalue weighted by Crippen LogP contribution is -2.40. The minimum absolute atomic E-state index is 0.153. The van der Waals surface area contributed by atoms with Gasteiger partial charge in [0.05, 0.1) is 18.7 Å². The molecule has 0 bridgehead atoms. The minimum atomic E-state index is -0.481. The standard InChI is InChI=1S/C11H16N4O3/c1-2-18-10(16)8-4-3-5-15(7-8)9-6-12-14-11(17)13-9/h6,8H,2-5,7H2,1H3,(H,13,14,17). The molecule has 18 heavy (non-hydrogen) atoms. The van der Waals surface area contributed by atoms with Gasteiger partial charge in [0.2, 0.25) is 0 Å². The van der Waals surface area contributed by atoms with Gasteiger partial charge in [0.15, 0.2) is 5.82 Å². The number of ether oxygens (including phenoxy) is 1. The molecule has 1 aliphatic rings.